The van der Waals surface area contributed by atoms with Gasteiger partial charge in [0, 0.05) is 5.56 Å². The molecule has 1 amide bonds. The minimum Gasteiger partial charge on any atom is -0.358 e. The second kappa shape index (κ2) is 7.37. The van der Waals surface area contributed by atoms with Crippen LogP contribution >= 0.6 is 23.4 Å². The van der Waals surface area contributed by atoms with E-state index in [4.69, 9.17) is 11.6 Å². The number of amidine groups is 1. The van der Waals surface area contributed by atoms with Gasteiger partial charge in [-0.1, -0.05) is 36.0 Å². The summed E-state index contributed by atoms with van der Waals surface area (Å²) in [5.41, 5.74) is 2.03. The highest BCUT2D eigenvalue weighted by atomic mass is 35.5. The van der Waals surface area contributed by atoms with Crippen LogP contribution in [-0.4, -0.2) is 16.3 Å². The van der Waals surface area contributed by atoms with Gasteiger partial charge in [0.2, 0.25) is 0 Å². The van der Waals surface area contributed by atoms with E-state index in [-0.39, 0.29) is 17.8 Å². The maximum absolute atomic E-state index is 13.0. The van der Waals surface area contributed by atoms with Crippen molar-refractivity contribution in [1.82, 2.24) is 5.32 Å². The van der Waals surface area contributed by atoms with E-state index in [2.05, 4.69) is 10.3 Å². The van der Waals surface area contributed by atoms with E-state index in [1.165, 1.54) is 23.9 Å². The van der Waals surface area contributed by atoms with Crippen LogP contribution in [0.5, 0.6) is 0 Å². The summed E-state index contributed by atoms with van der Waals surface area (Å²) < 4.78 is 13.0. The number of halogens is 2. The number of rotatable bonds is 4. The van der Waals surface area contributed by atoms with Gasteiger partial charge in [-0.3, -0.25) is 9.59 Å². The average molecular weight is 377 g/mol. The van der Waals surface area contributed by atoms with Gasteiger partial charge in [0.05, 0.1) is 6.04 Å². The monoisotopic (exact) mass is 376 g/mol. The van der Waals surface area contributed by atoms with Crippen LogP contribution in [0.15, 0.2) is 53.5 Å². The maximum atomic E-state index is 13.0. The zero-order valence-corrected chi connectivity index (χ0v) is 14.8. The highest BCUT2D eigenvalue weighted by Crippen LogP contribution is 2.36. The Hall–Kier alpha value is -2.18. The van der Waals surface area contributed by atoms with Crippen molar-refractivity contribution in [1.29, 1.82) is 0 Å². The molecule has 0 spiro atoms. The van der Waals surface area contributed by atoms with E-state index in [0.717, 1.165) is 11.1 Å². The summed E-state index contributed by atoms with van der Waals surface area (Å²) in [6, 6.07) is 12.6. The van der Waals surface area contributed by atoms with Crippen molar-refractivity contribution in [3.05, 3.63) is 71.0 Å². The second-order valence-electron chi connectivity index (χ2n) is 5.57. The summed E-state index contributed by atoms with van der Waals surface area (Å²) in [6.07, 6.45) is 0. The summed E-state index contributed by atoms with van der Waals surface area (Å²) in [5.74, 6) is -0.554. The molecule has 0 saturated carbocycles. The number of thioether (sulfide) groups is 1. The molecule has 1 N–H and O–H groups in total. The van der Waals surface area contributed by atoms with Crippen LogP contribution in [0.3, 0.4) is 0 Å². The molecule has 0 aliphatic carbocycles. The van der Waals surface area contributed by atoms with Crippen molar-refractivity contribution in [2.45, 2.75) is 18.2 Å². The van der Waals surface area contributed by atoms with Gasteiger partial charge in [0.15, 0.2) is 5.17 Å². The number of carbonyl (C=O) groups is 2. The molecule has 2 aromatic rings. The Labute approximate surface area is 153 Å². The Bertz CT molecular complexity index is 837. The molecule has 0 aromatic heterocycles. The summed E-state index contributed by atoms with van der Waals surface area (Å²) in [7, 11) is 0. The number of hydrogen-bond donors (Lipinski definition) is 1. The lowest BCUT2D eigenvalue weighted by Gasteiger charge is -2.15. The van der Waals surface area contributed by atoms with E-state index in [1.807, 2.05) is 6.92 Å². The molecular weight excluding hydrogens is 363 g/mol. The molecule has 1 unspecified atom stereocenters. The first-order chi connectivity index (χ1) is 11.9. The van der Waals surface area contributed by atoms with Gasteiger partial charge in [-0.25, -0.2) is 4.39 Å². The van der Waals surface area contributed by atoms with E-state index in [9.17, 15) is 14.0 Å². The molecule has 0 saturated heterocycles. The molecule has 0 fully saturated rings. The Kier molecular flexibility index (Phi) is 5.20. The smallest absolute Gasteiger partial charge is 0.266 e. The van der Waals surface area contributed by atoms with Crippen LogP contribution < -0.4 is 5.32 Å². The van der Waals surface area contributed by atoms with Crippen molar-refractivity contribution in [2.24, 2.45) is 4.99 Å². The standard InChI is InChI=1S/C18H14ClFN2O2S/c1-10(11-6-8-14(20)9-7-11)21-18-22-17(24)15(25-18)12-2-4-13(5-3-12)16(19)23/h2-10,15H,1H3,(H,21,22,24)/t10-,15?/m0/s1. The van der Waals surface area contributed by atoms with Crippen LogP contribution in [-0.2, 0) is 4.79 Å². The molecule has 2 atom stereocenters. The lowest BCUT2D eigenvalue weighted by molar-refractivity contribution is -0.117. The van der Waals surface area contributed by atoms with Crippen LogP contribution in [0.2, 0.25) is 0 Å². The first kappa shape index (κ1) is 17.6. The second-order valence-corrected chi connectivity index (χ2v) is 7.00. The minimum absolute atomic E-state index is 0.116. The van der Waals surface area contributed by atoms with Crippen molar-refractivity contribution < 1.29 is 14.0 Å². The average Bonchev–Trinajstić information content (AvgIpc) is 2.95. The quantitative estimate of drug-likeness (QED) is 0.811. The molecule has 25 heavy (non-hydrogen) atoms. The lowest BCUT2D eigenvalue weighted by atomic mass is 10.1. The summed E-state index contributed by atoms with van der Waals surface area (Å²) in [6.45, 7) is 1.91. The van der Waals surface area contributed by atoms with Crippen LogP contribution in [0.4, 0.5) is 4.39 Å². The van der Waals surface area contributed by atoms with Gasteiger partial charge >= 0.3 is 0 Å². The number of hydrogen-bond acceptors (Lipinski definition) is 4. The molecule has 1 aliphatic rings. The number of benzene rings is 2. The van der Waals surface area contributed by atoms with Gasteiger partial charge in [0.1, 0.15) is 11.1 Å². The highest BCUT2D eigenvalue weighted by Gasteiger charge is 2.30. The van der Waals surface area contributed by atoms with E-state index < -0.39 is 10.5 Å². The van der Waals surface area contributed by atoms with Crippen molar-refractivity contribution in [3.63, 3.8) is 0 Å². The molecular formula is C18H14ClFN2O2S. The molecule has 1 aliphatic heterocycles. The van der Waals surface area contributed by atoms with E-state index in [0.29, 0.717) is 10.7 Å². The molecule has 2 aromatic carbocycles. The maximum Gasteiger partial charge on any atom is 0.266 e. The Balaban J connectivity index is 1.68. The number of nitrogens with zero attached hydrogens (tertiary/aromatic N) is 1. The first-order valence-electron chi connectivity index (χ1n) is 7.55. The summed E-state index contributed by atoms with van der Waals surface area (Å²) in [4.78, 5) is 27.3. The minimum atomic E-state index is -0.538. The zero-order chi connectivity index (χ0) is 18.0. The number of aliphatic imine (C=N–C) groups is 1. The van der Waals surface area contributed by atoms with E-state index >= 15 is 0 Å². The highest BCUT2D eigenvalue weighted by molar-refractivity contribution is 8.15. The molecule has 7 heteroatoms. The topological polar surface area (TPSA) is 58.5 Å². The number of nitrogens with one attached hydrogen (secondary N) is 1. The van der Waals surface area contributed by atoms with Gasteiger partial charge in [-0.2, -0.15) is 4.99 Å². The van der Waals surface area contributed by atoms with Crippen molar-refractivity contribution in [2.75, 3.05) is 0 Å². The third-order valence-electron chi connectivity index (χ3n) is 3.82. The normalized spacial score (nSPS) is 18.0. The predicted molar refractivity (Wildman–Crippen MR) is 97.4 cm³/mol. The zero-order valence-electron chi connectivity index (χ0n) is 13.2. The molecule has 4 nitrogen and oxygen atoms in total. The number of carbonyl (C=O) groups excluding carboxylic acids is 2. The summed E-state index contributed by atoms with van der Waals surface area (Å²) in [5, 5.41) is 2.69. The first-order valence-corrected chi connectivity index (χ1v) is 8.81. The fraction of sp³-hybridized carbons (Fsp3) is 0.167. The van der Waals surface area contributed by atoms with Crippen LogP contribution in [0, 0.1) is 5.82 Å². The number of amides is 1. The molecule has 3 rings (SSSR count). The van der Waals surface area contributed by atoms with Crippen molar-refractivity contribution >= 4 is 39.7 Å². The van der Waals surface area contributed by atoms with Crippen LogP contribution in [0.1, 0.15) is 39.7 Å². The summed E-state index contributed by atoms with van der Waals surface area (Å²) >= 11 is 6.73. The third-order valence-corrected chi connectivity index (χ3v) is 5.18. The van der Waals surface area contributed by atoms with Gasteiger partial charge in [-0.15, -0.1) is 0 Å². The lowest BCUT2D eigenvalue weighted by Crippen LogP contribution is -2.23. The molecule has 1 heterocycles. The SMILES string of the molecule is C[C@H](NC1=NC(=O)C(c2ccc(C(=O)Cl)cc2)S1)c1ccc(F)cc1. The van der Waals surface area contributed by atoms with Crippen molar-refractivity contribution in [3.8, 4) is 0 Å². The molecule has 0 radical (unpaired) electrons. The Morgan fingerprint density at radius 1 is 1.20 bits per heavy atom. The largest absolute Gasteiger partial charge is 0.358 e. The van der Waals surface area contributed by atoms with Crippen LogP contribution in [0.25, 0.3) is 0 Å². The third kappa shape index (κ3) is 4.08. The fourth-order valence-corrected chi connectivity index (χ4v) is 3.62. The fourth-order valence-electron chi connectivity index (χ4n) is 2.43. The molecule has 128 valence electrons. The Morgan fingerprint density at radius 3 is 2.44 bits per heavy atom. The Morgan fingerprint density at radius 2 is 1.84 bits per heavy atom. The predicted octanol–water partition coefficient (Wildman–Crippen LogP) is 4.23. The van der Waals surface area contributed by atoms with E-state index in [1.54, 1.807) is 36.4 Å². The molecule has 0 bridgehead atoms. The van der Waals surface area contributed by atoms with Gasteiger partial charge in [0.25, 0.3) is 11.1 Å². The van der Waals surface area contributed by atoms with Gasteiger partial charge < -0.3 is 5.32 Å². The van der Waals surface area contributed by atoms with Gasteiger partial charge in [-0.05, 0) is 53.9 Å².